The van der Waals surface area contributed by atoms with E-state index < -0.39 is 9.84 Å². The number of rotatable bonds is 6. The van der Waals surface area contributed by atoms with Crippen LogP contribution in [-0.4, -0.2) is 41.4 Å². The van der Waals surface area contributed by atoms with Crippen molar-refractivity contribution in [3.8, 4) is 0 Å². The summed E-state index contributed by atoms with van der Waals surface area (Å²) in [5.41, 5.74) is 1.82. The summed E-state index contributed by atoms with van der Waals surface area (Å²) in [6.07, 6.45) is 0.527. The lowest BCUT2D eigenvalue weighted by molar-refractivity contribution is -0.113. The Morgan fingerprint density at radius 2 is 2.00 bits per heavy atom. The maximum Gasteiger partial charge on any atom is 0.235 e. The Bertz CT molecular complexity index is 931. The molecule has 1 aliphatic heterocycles. The van der Waals surface area contributed by atoms with E-state index in [-0.39, 0.29) is 28.9 Å². The van der Waals surface area contributed by atoms with Gasteiger partial charge in [-0.1, -0.05) is 51.1 Å². The van der Waals surface area contributed by atoms with E-state index in [9.17, 15) is 13.2 Å². The van der Waals surface area contributed by atoms with E-state index in [1.54, 1.807) is 16.4 Å². The second-order valence-corrected chi connectivity index (χ2v) is 11.4. The maximum atomic E-state index is 12.5. The van der Waals surface area contributed by atoms with Crippen molar-refractivity contribution < 1.29 is 13.2 Å². The number of nitrogens with zero attached hydrogens (tertiary/aromatic N) is 2. The third-order valence-electron chi connectivity index (χ3n) is 4.67. The Hall–Kier alpha value is -1.80. The number of carbonyl (C=O) groups excluding carboxylic acids is 1. The summed E-state index contributed by atoms with van der Waals surface area (Å²) in [6, 6.07) is 11.7. The van der Waals surface area contributed by atoms with E-state index in [0.29, 0.717) is 18.0 Å². The van der Waals surface area contributed by atoms with Crippen LogP contribution < -0.4 is 5.32 Å². The fraction of sp³-hybridized carbons (Fsp3) is 0.500. The monoisotopic (exact) mass is 421 g/mol. The fourth-order valence-electron chi connectivity index (χ4n) is 3.12. The Kier molecular flexibility index (Phi) is 6.19. The molecule has 3 rings (SSSR count). The van der Waals surface area contributed by atoms with Crippen LogP contribution in [0.15, 0.2) is 36.4 Å². The number of benzene rings is 1. The van der Waals surface area contributed by atoms with Crippen LogP contribution in [0.25, 0.3) is 0 Å². The number of hydrogen-bond acceptors (Lipinski definition) is 5. The SMILES string of the molecule is CC(C)(C)c1cc(NC(=O)CSCc2ccccc2)n([C@@H]2CCS(=O)(=O)C2)n1. The zero-order valence-corrected chi connectivity index (χ0v) is 18.1. The number of nitrogens with one attached hydrogen (secondary N) is 1. The molecule has 1 aromatic carbocycles. The van der Waals surface area contributed by atoms with E-state index >= 15 is 0 Å². The van der Waals surface area contributed by atoms with Crippen molar-refractivity contribution in [3.05, 3.63) is 47.7 Å². The summed E-state index contributed by atoms with van der Waals surface area (Å²) >= 11 is 1.55. The largest absolute Gasteiger partial charge is 0.310 e. The van der Waals surface area contributed by atoms with Gasteiger partial charge in [-0.15, -0.1) is 11.8 Å². The highest BCUT2D eigenvalue weighted by Gasteiger charge is 2.32. The zero-order valence-electron chi connectivity index (χ0n) is 16.5. The van der Waals surface area contributed by atoms with Gasteiger partial charge in [-0.2, -0.15) is 5.10 Å². The molecule has 2 heterocycles. The van der Waals surface area contributed by atoms with Crippen LogP contribution in [0.5, 0.6) is 0 Å². The van der Waals surface area contributed by atoms with Gasteiger partial charge in [0.2, 0.25) is 5.91 Å². The van der Waals surface area contributed by atoms with Gasteiger partial charge in [-0.25, -0.2) is 13.1 Å². The van der Waals surface area contributed by atoms with Crippen molar-refractivity contribution in [3.63, 3.8) is 0 Å². The van der Waals surface area contributed by atoms with Gasteiger partial charge in [0.1, 0.15) is 5.82 Å². The summed E-state index contributed by atoms with van der Waals surface area (Å²) < 4.78 is 25.5. The molecule has 1 atom stereocenters. The quantitative estimate of drug-likeness (QED) is 0.773. The predicted molar refractivity (Wildman–Crippen MR) is 114 cm³/mol. The third kappa shape index (κ3) is 5.38. The van der Waals surface area contributed by atoms with E-state index in [0.717, 1.165) is 11.4 Å². The number of sulfone groups is 1. The standard InChI is InChI=1S/C20H27N3O3S2/c1-20(2,3)17-11-18(23(22-17)16-9-10-28(25,26)14-16)21-19(24)13-27-12-15-7-5-4-6-8-15/h4-8,11,16H,9-10,12-14H2,1-3H3,(H,21,24)/t16-/m1/s1. The van der Waals surface area contributed by atoms with Crippen LogP contribution in [0.1, 0.15) is 44.5 Å². The minimum Gasteiger partial charge on any atom is -0.310 e. The maximum absolute atomic E-state index is 12.5. The number of thioether (sulfide) groups is 1. The topological polar surface area (TPSA) is 81.1 Å². The first-order valence-corrected chi connectivity index (χ1v) is 12.3. The van der Waals surface area contributed by atoms with Crippen molar-refractivity contribution in [1.29, 1.82) is 0 Å². The molecule has 6 nitrogen and oxygen atoms in total. The first-order chi connectivity index (χ1) is 13.1. The lowest BCUT2D eigenvalue weighted by atomic mass is 9.92. The molecule has 1 aliphatic rings. The molecule has 1 amide bonds. The van der Waals surface area contributed by atoms with Gasteiger partial charge in [0.05, 0.1) is 29.0 Å². The Morgan fingerprint density at radius 3 is 2.61 bits per heavy atom. The van der Waals surface area contributed by atoms with Gasteiger partial charge in [0.25, 0.3) is 0 Å². The first kappa shape index (κ1) is 20.9. The van der Waals surface area contributed by atoms with E-state index in [4.69, 9.17) is 0 Å². The Morgan fingerprint density at radius 1 is 1.29 bits per heavy atom. The van der Waals surface area contributed by atoms with Crippen molar-refractivity contribution in [2.75, 3.05) is 22.6 Å². The van der Waals surface area contributed by atoms with Gasteiger partial charge in [-0.05, 0) is 12.0 Å². The minimum absolute atomic E-state index is 0.0733. The van der Waals surface area contributed by atoms with Crippen molar-refractivity contribution >= 4 is 33.3 Å². The molecule has 28 heavy (non-hydrogen) atoms. The van der Waals surface area contributed by atoms with E-state index in [1.165, 1.54) is 5.56 Å². The summed E-state index contributed by atoms with van der Waals surface area (Å²) in [7, 11) is -3.04. The second-order valence-electron chi connectivity index (χ2n) is 8.19. The summed E-state index contributed by atoms with van der Waals surface area (Å²) in [6.45, 7) is 6.14. The summed E-state index contributed by atoms with van der Waals surface area (Å²) in [5.74, 6) is 1.81. The predicted octanol–water partition coefficient (Wildman–Crippen LogP) is 3.41. The average molecular weight is 422 g/mol. The van der Waals surface area contributed by atoms with Crippen molar-refractivity contribution in [2.24, 2.45) is 0 Å². The molecule has 1 N–H and O–H groups in total. The van der Waals surface area contributed by atoms with Gasteiger partial charge in [-0.3, -0.25) is 4.79 Å². The smallest absolute Gasteiger partial charge is 0.235 e. The minimum atomic E-state index is -3.04. The number of hydrogen-bond donors (Lipinski definition) is 1. The van der Waals surface area contributed by atoms with Crippen LogP contribution in [-0.2, 0) is 25.8 Å². The highest BCUT2D eigenvalue weighted by Crippen LogP contribution is 2.31. The summed E-state index contributed by atoms with van der Waals surface area (Å²) in [4.78, 5) is 12.5. The lowest BCUT2D eigenvalue weighted by Crippen LogP contribution is -2.21. The molecular formula is C20H27N3O3S2. The molecule has 2 aromatic rings. The highest BCUT2D eigenvalue weighted by atomic mass is 32.2. The van der Waals surface area contributed by atoms with Crippen LogP contribution in [0.4, 0.5) is 5.82 Å². The highest BCUT2D eigenvalue weighted by molar-refractivity contribution is 7.99. The molecule has 1 fully saturated rings. The van der Waals surface area contributed by atoms with E-state index in [1.807, 2.05) is 57.2 Å². The zero-order chi connectivity index (χ0) is 20.4. The number of aromatic nitrogens is 2. The number of anilines is 1. The van der Waals surface area contributed by atoms with E-state index in [2.05, 4.69) is 10.4 Å². The van der Waals surface area contributed by atoms with Crippen molar-refractivity contribution in [1.82, 2.24) is 9.78 Å². The molecule has 0 radical (unpaired) electrons. The average Bonchev–Trinajstić information content (AvgIpc) is 3.18. The molecule has 0 spiro atoms. The molecule has 0 aliphatic carbocycles. The van der Waals surface area contributed by atoms with Gasteiger partial charge in [0, 0.05) is 17.2 Å². The molecule has 0 saturated carbocycles. The van der Waals surface area contributed by atoms with Gasteiger partial charge >= 0.3 is 0 Å². The first-order valence-electron chi connectivity index (χ1n) is 9.36. The van der Waals surface area contributed by atoms with Crippen LogP contribution >= 0.6 is 11.8 Å². The number of carbonyl (C=O) groups is 1. The lowest BCUT2D eigenvalue weighted by Gasteiger charge is -2.15. The second kappa shape index (κ2) is 8.29. The van der Waals surface area contributed by atoms with Gasteiger partial charge < -0.3 is 5.32 Å². The molecule has 0 unspecified atom stereocenters. The van der Waals surface area contributed by atoms with Crippen LogP contribution in [0.2, 0.25) is 0 Å². The summed E-state index contributed by atoms with van der Waals surface area (Å²) in [5, 5.41) is 7.58. The third-order valence-corrected chi connectivity index (χ3v) is 7.42. The molecule has 0 bridgehead atoms. The number of amides is 1. The Balaban J connectivity index is 1.69. The molecule has 152 valence electrons. The molecule has 1 aromatic heterocycles. The van der Waals surface area contributed by atoms with Crippen molar-refractivity contribution in [2.45, 2.75) is 44.4 Å². The molecular weight excluding hydrogens is 394 g/mol. The Labute approximate surface area is 171 Å². The molecule has 1 saturated heterocycles. The molecule has 8 heteroatoms. The fourth-order valence-corrected chi connectivity index (χ4v) is 5.60. The van der Waals surface area contributed by atoms with Crippen LogP contribution in [0.3, 0.4) is 0 Å². The van der Waals surface area contributed by atoms with Gasteiger partial charge in [0.15, 0.2) is 9.84 Å². The normalized spacial score (nSPS) is 18.9. The van der Waals surface area contributed by atoms with Crippen LogP contribution in [0, 0.1) is 0 Å².